The lowest BCUT2D eigenvalue weighted by Gasteiger charge is -2.06. The summed E-state index contributed by atoms with van der Waals surface area (Å²) in [5, 5.41) is 2.76. The van der Waals surface area contributed by atoms with Gasteiger partial charge in [0.25, 0.3) is 0 Å². The lowest BCUT2D eigenvalue weighted by Crippen LogP contribution is -2.17. The first kappa shape index (κ1) is 10.5. The molecule has 0 aromatic heterocycles. The number of benzene rings is 2. The van der Waals surface area contributed by atoms with Crippen LogP contribution in [0.25, 0.3) is 10.8 Å². The van der Waals surface area contributed by atoms with Crippen LogP contribution >= 0.6 is 0 Å². The molecule has 2 aromatic rings. The minimum atomic E-state index is 0.556. The number of nitrogens with zero attached hydrogens (tertiary/aromatic N) is 1. The molecule has 0 saturated heterocycles. The van der Waals surface area contributed by atoms with E-state index in [1.54, 1.807) is 0 Å². The molecular formula is C16H18N+. The molecule has 2 aromatic carbocycles. The van der Waals surface area contributed by atoms with E-state index in [1.165, 1.54) is 22.0 Å². The van der Waals surface area contributed by atoms with Gasteiger partial charge in [0.1, 0.15) is 6.21 Å². The Kier molecular flexibility index (Phi) is 2.29. The van der Waals surface area contributed by atoms with Crippen molar-refractivity contribution in [3.8, 4) is 0 Å². The number of hydrogen-bond donors (Lipinski definition) is 0. The maximum Gasteiger partial charge on any atom is 0.209 e. The maximum absolute atomic E-state index is 2.40. The normalized spacial score (nSPS) is 25.5. The molecule has 0 radical (unpaired) electrons. The molecule has 3 rings (SSSR count). The summed E-state index contributed by atoms with van der Waals surface area (Å²) in [6, 6.07) is 13.7. The van der Waals surface area contributed by atoms with E-state index in [0.717, 1.165) is 0 Å². The summed E-state index contributed by atoms with van der Waals surface area (Å²) in [6.07, 6.45) is 2.20. The van der Waals surface area contributed by atoms with Gasteiger partial charge in [0.15, 0.2) is 6.04 Å². The van der Waals surface area contributed by atoms with Crippen molar-refractivity contribution in [3.63, 3.8) is 0 Å². The van der Waals surface area contributed by atoms with Gasteiger partial charge in [0, 0.05) is 18.6 Å². The summed E-state index contributed by atoms with van der Waals surface area (Å²) in [5.41, 5.74) is 2.89. The summed E-state index contributed by atoms with van der Waals surface area (Å²) in [5.74, 6) is 0.590. The maximum atomic E-state index is 2.40. The molecule has 1 nitrogen and oxygen atoms in total. The Bertz CT molecular complexity index is 610. The van der Waals surface area contributed by atoms with Crippen LogP contribution in [-0.4, -0.2) is 16.8 Å². The highest BCUT2D eigenvalue weighted by atomic mass is 15.1. The van der Waals surface area contributed by atoms with Gasteiger partial charge < -0.3 is 0 Å². The Labute approximate surface area is 102 Å². The van der Waals surface area contributed by atoms with Crippen LogP contribution in [0.5, 0.6) is 0 Å². The third-order valence-electron chi connectivity index (χ3n) is 4.12. The summed E-state index contributed by atoms with van der Waals surface area (Å²) in [4.78, 5) is 0. The fourth-order valence-corrected chi connectivity index (χ4v) is 3.06. The van der Waals surface area contributed by atoms with Gasteiger partial charge in [-0.2, -0.15) is 4.58 Å². The molecule has 0 amide bonds. The zero-order chi connectivity index (χ0) is 12.0. The van der Waals surface area contributed by atoms with Crippen molar-refractivity contribution >= 4 is 22.7 Å². The Morgan fingerprint density at radius 1 is 1.06 bits per heavy atom. The van der Waals surface area contributed by atoms with Crippen LogP contribution < -0.4 is 0 Å². The molecule has 1 aliphatic heterocycles. The largest absolute Gasteiger partial charge is 0.209 e. The van der Waals surface area contributed by atoms with Gasteiger partial charge in [-0.25, -0.2) is 0 Å². The monoisotopic (exact) mass is 224 g/mol. The Morgan fingerprint density at radius 2 is 1.82 bits per heavy atom. The van der Waals surface area contributed by atoms with Gasteiger partial charge in [-0.15, -0.1) is 0 Å². The van der Waals surface area contributed by atoms with E-state index in [1.807, 2.05) is 0 Å². The predicted octanol–water partition coefficient (Wildman–Crippen LogP) is 4.08. The minimum absolute atomic E-state index is 0.556. The van der Waals surface area contributed by atoms with Crippen LogP contribution in [-0.2, 0) is 0 Å². The van der Waals surface area contributed by atoms with Crippen molar-refractivity contribution < 1.29 is 4.58 Å². The van der Waals surface area contributed by atoms with E-state index in [0.29, 0.717) is 12.0 Å². The molecule has 0 bridgehead atoms. The van der Waals surface area contributed by atoms with Crippen molar-refractivity contribution in [1.29, 1.82) is 0 Å². The van der Waals surface area contributed by atoms with Crippen molar-refractivity contribution in [2.24, 2.45) is 0 Å². The van der Waals surface area contributed by atoms with Crippen LogP contribution in [0.2, 0.25) is 0 Å². The van der Waals surface area contributed by atoms with E-state index < -0.39 is 0 Å². The second-order valence-electron chi connectivity index (χ2n) is 4.91. The zero-order valence-electron chi connectivity index (χ0n) is 10.6. The van der Waals surface area contributed by atoms with Crippen LogP contribution in [0.15, 0.2) is 36.4 Å². The van der Waals surface area contributed by atoms with Crippen molar-refractivity contribution in [1.82, 2.24) is 0 Å². The quantitative estimate of drug-likeness (QED) is 0.593. The molecule has 1 heterocycles. The van der Waals surface area contributed by atoms with Gasteiger partial charge in [-0.05, 0) is 23.8 Å². The van der Waals surface area contributed by atoms with E-state index in [9.17, 15) is 0 Å². The first-order valence-corrected chi connectivity index (χ1v) is 6.33. The lowest BCUT2D eigenvalue weighted by molar-refractivity contribution is -0.467. The third kappa shape index (κ3) is 1.35. The van der Waals surface area contributed by atoms with E-state index in [4.69, 9.17) is 0 Å². The second-order valence-corrected chi connectivity index (χ2v) is 4.91. The minimum Gasteiger partial charge on any atom is -0.200 e. The first-order valence-electron chi connectivity index (χ1n) is 6.33. The van der Waals surface area contributed by atoms with Crippen LogP contribution in [0.3, 0.4) is 0 Å². The fourth-order valence-electron chi connectivity index (χ4n) is 3.06. The highest BCUT2D eigenvalue weighted by molar-refractivity contribution is 5.90. The van der Waals surface area contributed by atoms with Gasteiger partial charge in [-0.3, -0.25) is 0 Å². The molecule has 17 heavy (non-hydrogen) atoms. The van der Waals surface area contributed by atoms with Crippen LogP contribution in [0.1, 0.15) is 32.3 Å². The molecule has 1 heteroatoms. The Balaban J connectivity index is 2.39. The van der Waals surface area contributed by atoms with E-state index in [2.05, 4.69) is 68.0 Å². The summed E-state index contributed by atoms with van der Waals surface area (Å²) in [7, 11) is 0. The highest BCUT2D eigenvalue weighted by Crippen LogP contribution is 2.42. The average Bonchev–Trinajstić information content (AvgIpc) is 2.62. The predicted molar refractivity (Wildman–Crippen MR) is 73.5 cm³/mol. The van der Waals surface area contributed by atoms with Crippen LogP contribution in [0.4, 0.5) is 5.69 Å². The van der Waals surface area contributed by atoms with Crippen molar-refractivity contribution in [2.45, 2.75) is 32.7 Å². The summed E-state index contributed by atoms with van der Waals surface area (Å²) >= 11 is 0. The average molecular weight is 224 g/mol. The molecule has 0 saturated carbocycles. The smallest absolute Gasteiger partial charge is 0.200 e. The topological polar surface area (TPSA) is 3.01 Å². The fraction of sp³-hybridized carbons (Fsp3) is 0.312. The first-order chi connectivity index (χ1) is 8.24. The third-order valence-corrected chi connectivity index (χ3v) is 4.12. The number of rotatable bonds is 0. The van der Waals surface area contributed by atoms with Crippen molar-refractivity contribution in [2.75, 3.05) is 0 Å². The van der Waals surface area contributed by atoms with Crippen molar-refractivity contribution in [3.05, 3.63) is 42.0 Å². The molecule has 2 atom stereocenters. The molecular weight excluding hydrogens is 206 g/mol. The van der Waals surface area contributed by atoms with Gasteiger partial charge in [-0.1, -0.05) is 31.2 Å². The van der Waals surface area contributed by atoms with Gasteiger partial charge in [0.2, 0.25) is 5.69 Å². The van der Waals surface area contributed by atoms with E-state index in [-0.39, 0.29) is 0 Å². The Morgan fingerprint density at radius 3 is 2.59 bits per heavy atom. The summed E-state index contributed by atoms with van der Waals surface area (Å²) in [6.45, 7) is 6.76. The highest BCUT2D eigenvalue weighted by Gasteiger charge is 2.38. The second kappa shape index (κ2) is 3.69. The molecule has 86 valence electrons. The van der Waals surface area contributed by atoms with Crippen LogP contribution in [0, 0.1) is 0 Å². The number of hydrogen-bond acceptors (Lipinski definition) is 0. The zero-order valence-corrected chi connectivity index (χ0v) is 10.6. The molecule has 0 fully saturated rings. The standard InChI is InChI=1S/C16H18N/c1-4-17-12(3)11(2)16-14-8-6-5-7-13(14)9-10-15(16)17/h4-12H,1-3H3/q+1. The molecule has 0 spiro atoms. The molecule has 0 N–H and O–H groups in total. The molecule has 0 aliphatic carbocycles. The molecule has 2 unspecified atom stereocenters. The van der Waals surface area contributed by atoms with Gasteiger partial charge in [0.05, 0.1) is 5.92 Å². The SMILES string of the molecule is CC=[N+]1c2ccc3ccccc3c2C(C)C1C. The van der Waals surface area contributed by atoms with E-state index >= 15 is 0 Å². The number of fused-ring (bicyclic) bond motifs is 3. The summed E-state index contributed by atoms with van der Waals surface area (Å²) < 4.78 is 2.40. The Hall–Kier alpha value is -1.63. The molecule has 1 aliphatic rings. The van der Waals surface area contributed by atoms with Gasteiger partial charge >= 0.3 is 0 Å². The lowest BCUT2D eigenvalue weighted by atomic mass is 9.93.